The van der Waals surface area contributed by atoms with Gasteiger partial charge in [0.05, 0.1) is 0 Å². The third-order valence-electron chi connectivity index (χ3n) is 3.64. The highest BCUT2D eigenvalue weighted by atomic mass is 35.5. The number of halogens is 2. The molecule has 0 aliphatic heterocycles. The average molecular weight is 364 g/mol. The maximum Gasteiger partial charge on any atom is 0.253 e. The maximum absolute atomic E-state index is 12.2. The number of hydrogen-bond donors (Lipinski definition) is 1. The first-order valence-electron chi connectivity index (χ1n) is 7.83. The van der Waals surface area contributed by atoms with Crippen LogP contribution in [0.4, 0.5) is 0 Å². The molecule has 0 spiro atoms. The van der Waals surface area contributed by atoms with Crippen molar-refractivity contribution in [3.63, 3.8) is 0 Å². The Morgan fingerprint density at radius 3 is 2.17 bits per heavy atom. The molecule has 1 aromatic carbocycles. The van der Waals surface area contributed by atoms with E-state index in [9.17, 15) is 4.79 Å². The molecule has 0 fully saturated rings. The van der Waals surface area contributed by atoms with Crippen molar-refractivity contribution >= 4 is 30.7 Å². The molecule has 0 saturated heterocycles. The van der Waals surface area contributed by atoms with Crippen LogP contribution in [0.1, 0.15) is 36.2 Å². The van der Waals surface area contributed by atoms with Gasteiger partial charge in [0.25, 0.3) is 5.91 Å². The molecule has 0 atom stereocenters. The average Bonchev–Trinajstić information content (AvgIpc) is 2.52. The number of rotatable bonds is 9. The summed E-state index contributed by atoms with van der Waals surface area (Å²) in [4.78, 5) is 16.4. The summed E-state index contributed by atoms with van der Waals surface area (Å²) in [6, 6.07) is 8.01. The van der Waals surface area contributed by atoms with Crippen molar-refractivity contribution in [1.82, 2.24) is 15.1 Å². The highest BCUT2D eigenvalue weighted by Gasteiger charge is 2.11. The first-order valence-corrected chi connectivity index (χ1v) is 7.83. The minimum atomic E-state index is 0. The summed E-state index contributed by atoms with van der Waals surface area (Å²) in [5.41, 5.74) is 2.02. The molecular formula is C17H31Cl2N3O. The van der Waals surface area contributed by atoms with Crippen molar-refractivity contribution in [3.8, 4) is 0 Å². The number of benzene rings is 1. The standard InChI is InChI=1S/C17H29N3O.2ClH/c1-5-12-20(6-2)14-15-7-9-16(10-8-15)17(21)19(4)13-11-18-3;;/h7-10,18H,5-6,11-14H2,1-4H3;2*1H. The Hall–Kier alpha value is -0.810. The molecule has 0 aliphatic rings. The summed E-state index contributed by atoms with van der Waals surface area (Å²) in [7, 11) is 3.73. The van der Waals surface area contributed by atoms with Crippen molar-refractivity contribution in [2.45, 2.75) is 26.8 Å². The largest absolute Gasteiger partial charge is 0.340 e. The van der Waals surface area contributed by atoms with Crippen molar-refractivity contribution in [2.75, 3.05) is 40.3 Å². The fourth-order valence-corrected chi connectivity index (χ4v) is 2.28. The second-order valence-corrected chi connectivity index (χ2v) is 5.40. The minimum absolute atomic E-state index is 0. The normalized spacial score (nSPS) is 9.96. The van der Waals surface area contributed by atoms with E-state index in [1.165, 1.54) is 12.0 Å². The molecule has 0 aromatic heterocycles. The Morgan fingerprint density at radius 1 is 1.09 bits per heavy atom. The van der Waals surface area contributed by atoms with Gasteiger partial charge >= 0.3 is 0 Å². The summed E-state index contributed by atoms with van der Waals surface area (Å²) in [6.45, 7) is 9.04. The Balaban J connectivity index is 0. The Kier molecular flexibility index (Phi) is 14.5. The zero-order chi connectivity index (χ0) is 15.7. The molecule has 1 amide bonds. The van der Waals surface area contributed by atoms with Gasteiger partial charge in [0.1, 0.15) is 0 Å². The summed E-state index contributed by atoms with van der Waals surface area (Å²) in [5, 5.41) is 3.05. The van der Waals surface area contributed by atoms with E-state index in [2.05, 4.69) is 36.2 Å². The van der Waals surface area contributed by atoms with Crippen LogP contribution in [0.15, 0.2) is 24.3 Å². The lowest BCUT2D eigenvalue weighted by Gasteiger charge is -2.20. The molecule has 0 aliphatic carbocycles. The van der Waals surface area contributed by atoms with Gasteiger partial charge in [-0.15, -0.1) is 24.8 Å². The highest BCUT2D eigenvalue weighted by Crippen LogP contribution is 2.09. The van der Waals surface area contributed by atoms with E-state index < -0.39 is 0 Å². The second kappa shape index (κ2) is 13.6. The number of nitrogens with one attached hydrogen (secondary N) is 1. The lowest BCUT2D eigenvalue weighted by Crippen LogP contribution is -2.32. The van der Waals surface area contributed by atoms with Crippen LogP contribution in [0.3, 0.4) is 0 Å². The van der Waals surface area contributed by atoms with Crippen LogP contribution in [-0.2, 0) is 6.54 Å². The fraction of sp³-hybridized carbons (Fsp3) is 0.588. The predicted molar refractivity (Wildman–Crippen MR) is 103 cm³/mol. The van der Waals surface area contributed by atoms with Gasteiger partial charge in [0.2, 0.25) is 0 Å². The van der Waals surface area contributed by atoms with Gasteiger partial charge in [-0.05, 0) is 44.3 Å². The Bertz CT molecular complexity index is 426. The van der Waals surface area contributed by atoms with Gasteiger partial charge in [-0.2, -0.15) is 0 Å². The third kappa shape index (κ3) is 8.56. The summed E-state index contributed by atoms with van der Waals surface area (Å²) < 4.78 is 0. The van der Waals surface area contributed by atoms with E-state index in [1.54, 1.807) is 4.90 Å². The number of amides is 1. The molecule has 0 heterocycles. The van der Waals surface area contributed by atoms with Crippen molar-refractivity contribution in [1.29, 1.82) is 0 Å². The SMILES string of the molecule is CCCN(CC)Cc1ccc(C(=O)N(C)CCNC)cc1.Cl.Cl. The molecule has 0 radical (unpaired) electrons. The lowest BCUT2D eigenvalue weighted by molar-refractivity contribution is 0.0797. The first-order chi connectivity index (χ1) is 10.1. The molecule has 1 rings (SSSR count). The topological polar surface area (TPSA) is 35.6 Å². The number of carbonyl (C=O) groups is 1. The van der Waals surface area contributed by atoms with Crippen molar-refractivity contribution in [2.24, 2.45) is 0 Å². The number of nitrogens with zero attached hydrogens (tertiary/aromatic N) is 2. The van der Waals surface area contributed by atoms with Crippen LogP contribution in [0.5, 0.6) is 0 Å². The summed E-state index contributed by atoms with van der Waals surface area (Å²) in [5.74, 6) is 0.0812. The van der Waals surface area contributed by atoms with Gasteiger partial charge in [-0.1, -0.05) is 26.0 Å². The van der Waals surface area contributed by atoms with Crippen molar-refractivity contribution < 1.29 is 4.79 Å². The molecule has 6 heteroatoms. The number of likely N-dealkylation sites (N-methyl/N-ethyl adjacent to an activating group) is 2. The maximum atomic E-state index is 12.2. The minimum Gasteiger partial charge on any atom is -0.340 e. The van der Waals surface area contributed by atoms with Crippen LogP contribution in [-0.4, -0.2) is 56.0 Å². The zero-order valence-corrected chi connectivity index (χ0v) is 16.3. The molecule has 23 heavy (non-hydrogen) atoms. The Labute approximate surface area is 153 Å². The van der Waals surface area contributed by atoms with Gasteiger partial charge in [0, 0.05) is 32.2 Å². The number of carbonyl (C=O) groups excluding carboxylic acids is 1. The van der Waals surface area contributed by atoms with E-state index >= 15 is 0 Å². The summed E-state index contributed by atoms with van der Waals surface area (Å²) >= 11 is 0. The van der Waals surface area contributed by atoms with E-state index in [0.29, 0.717) is 0 Å². The van der Waals surface area contributed by atoms with Crippen LogP contribution in [0.25, 0.3) is 0 Å². The molecule has 1 aromatic rings. The molecule has 4 nitrogen and oxygen atoms in total. The molecule has 0 saturated carbocycles. The summed E-state index contributed by atoms with van der Waals surface area (Å²) in [6.07, 6.45) is 1.17. The van der Waals surface area contributed by atoms with E-state index in [-0.39, 0.29) is 30.7 Å². The second-order valence-electron chi connectivity index (χ2n) is 5.40. The molecular weight excluding hydrogens is 333 g/mol. The molecule has 1 N–H and O–H groups in total. The van der Waals surface area contributed by atoms with E-state index in [0.717, 1.165) is 38.3 Å². The monoisotopic (exact) mass is 363 g/mol. The predicted octanol–water partition coefficient (Wildman–Crippen LogP) is 3.05. The quantitative estimate of drug-likeness (QED) is 0.732. The van der Waals surface area contributed by atoms with Crippen LogP contribution < -0.4 is 5.32 Å². The fourth-order valence-electron chi connectivity index (χ4n) is 2.28. The molecule has 134 valence electrons. The lowest BCUT2D eigenvalue weighted by atomic mass is 10.1. The van der Waals surface area contributed by atoms with Gasteiger partial charge in [-0.3, -0.25) is 9.69 Å². The van der Waals surface area contributed by atoms with E-state index in [4.69, 9.17) is 0 Å². The number of hydrogen-bond acceptors (Lipinski definition) is 3. The Morgan fingerprint density at radius 2 is 1.70 bits per heavy atom. The van der Waals surface area contributed by atoms with Gasteiger partial charge in [-0.25, -0.2) is 0 Å². The van der Waals surface area contributed by atoms with Gasteiger partial charge < -0.3 is 10.2 Å². The highest BCUT2D eigenvalue weighted by molar-refractivity contribution is 5.94. The third-order valence-corrected chi connectivity index (χ3v) is 3.64. The van der Waals surface area contributed by atoms with Gasteiger partial charge in [0.15, 0.2) is 0 Å². The van der Waals surface area contributed by atoms with Crippen LogP contribution in [0.2, 0.25) is 0 Å². The molecule has 0 bridgehead atoms. The first kappa shape index (κ1) is 24.4. The van der Waals surface area contributed by atoms with Crippen molar-refractivity contribution in [3.05, 3.63) is 35.4 Å². The van der Waals surface area contributed by atoms with E-state index in [1.807, 2.05) is 26.2 Å². The zero-order valence-electron chi connectivity index (χ0n) is 14.7. The smallest absolute Gasteiger partial charge is 0.253 e. The molecule has 0 unspecified atom stereocenters. The van der Waals surface area contributed by atoms with Crippen LogP contribution >= 0.6 is 24.8 Å². The van der Waals surface area contributed by atoms with Crippen LogP contribution in [0, 0.1) is 0 Å².